The Hall–Kier alpha value is -3.29. The number of nitrogens with zero attached hydrogens (tertiary/aromatic N) is 5. The van der Waals surface area contributed by atoms with Crippen molar-refractivity contribution < 1.29 is 14.1 Å². The zero-order chi connectivity index (χ0) is 20.2. The minimum absolute atomic E-state index is 0.172. The smallest absolute Gasteiger partial charge is 0.342 e. The van der Waals surface area contributed by atoms with Gasteiger partial charge >= 0.3 is 5.97 Å². The molecule has 0 aromatic carbocycles. The Balaban J connectivity index is 1.44. The number of pyridine rings is 2. The number of piperidine rings is 1. The Morgan fingerprint density at radius 2 is 1.93 bits per heavy atom. The normalized spacial score (nSPS) is 14.9. The van der Waals surface area contributed by atoms with Gasteiger partial charge in [0.2, 0.25) is 11.7 Å². The van der Waals surface area contributed by atoms with E-state index in [1.165, 1.54) is 0 Å². The maximum absolute atomic E-state index is 12.4. The molecule has 4 heterocycles. The van der Waals surface area contributed by atoms with Crippen LogP contribution in [0, 0.1) is 0 Å². The van der Waals surface area contributed by atoms with Crippen molar-refractivity contribution in [1.82, 2.24) is 20.1 Å². The predicted octanol–water partition coefficient (Wildman–Crippen LogP) is 3.48. The van der Waals surface area contributed by atoms with Gasteiger partial charge in [0.1, 0.15) is 17.1 Å². The molecule has 0 radical (unpaired) electrons. The molecule has 0 spiro atoms. The standard InChI is InChI=1S/C21H23N5O3/c1-14(2)28-21(27)16-6-5-11-23-19(16)26-12-8-15(9-13-26)20-24-18(25-29-20)17-7-3-4-10-22-17/h3-7,10-11,14-15H,8-9,12-13H2,1-2H3. The van der Waals surface area contributed by atoms with E-state index in [1.54, 1.807) is 24.5 Å². The minimum atomic E-state index is -0.345. The van der Waals surface area contributed by atoms with Crippen LogP contribution in [0.5, 0.6) is 0 Å². The van der Waals surface area contributed by atoms with Gasteiger partial charge in [0, 0.05) is 31.4 Å². The molecular weight excluding hydrogens is 370 g/mol. The summed E-state index contributed by atoms with van der Waals surface area (Å²) in [5, 5.41) is 4.07. The van der Waals surface area contributed by atoms with Gasteiger partial charge in [0.15, 0.2) is 0 Å². The number of anilines is 1. The molecule has 0 N–H and O–H groups in total. The van der Waals surface area contributed by atoms with Crippen LogP contribution in [-0.2, 0) is 4.74 Å². The molecule has 1 fully saturated rings. The van der Waals surface area contributed by atoms with E-state index in [0.717, 1.165) is 25.9 Å². The lowest BCUT2D eigenvalue weighted by Crippen LogP contribution is -2.35. The van der Waals surface area contributed by atoms with Gasteiger partial charge in [-0.25, -0.2) is 9.78 Å². The fraction of sp³-hybridized carbons (Fsp3) is 0.381. The fourth-order valence-electron chi connectivity index (χ4n) is 3.42. The average molecular weight is 393 g/mol. The highest BCUT2D eigenvalue weighted by Gasteiger charge is 2.28. The summed E-state index contributed by atoms with van der Waals surface area (Å²) < 4.78 is 10.9. The van der Waals surface area contributed by atoms with Crippen molar-refractivity contribution in [2.75, 3.05) is 18.0 Å². The quantitative estimate of drug-likeness (QED) is 0.608. The van der Waals surface area contributed by atoms with Gasteiger partial charge in [0.25, 0.3) is 0 Å². The minimum Gasteiger partial charge on any atom is -0.459 e. The molecule has 3 aromatic heterocycles. The molecule has 0 atom stereocenters. The van der Waals surface area contributed by atoms with Crippen LogP contribution in [0.3, 0.4) is 0 Å². The van der Waals surface area contributed by atoms with Crippen molar-refractivity contribution in [3.63, 3.8) is 0 Å². The molecule has 0 unspecified atom stereocenters. The maximum Gasteiger partial charge on any atom is 0.342 e. The second-order valence-electron chi connectivity index (χ2n) is 7.26. The lowest BCUT2D eigenvalue weighted by molar-refractivity contribution is 0.0378. The van der Waals surface area contributed by atoms with Crippen LogP contribution >= 0.6 is 0 Å². The summed E-state index contributed by atoms with van der Waals surface area (Å²) in [6.07, 6.45) is 4.90. The monoisotopic (exact) mass is 393 g/mol. The topological polar surface area (TPSA) is 94.2 Å². The molecular formula is C21H23N5O3. The van der Waals surface area contributed by atoms with Crippen LogP contribution in [0.25, 0.3) is 11.5 Å². The summed E-state index contributed by atoms with van der Waals surface area (Å²) >= 11 is 0. The first-order valence-corrected chi connectivity index (χ1v) is 9.78. The van der Waals surface area contributed by atoms with Gasteiger partial charge in [-0.3, -0.25) is 4.98 Å². The van der Waals surface area contributed by atoms with Gasteiger partial charge in [-0.05, 0) is 51.0 Å². The Bertz CT molecular complexity index is 965. The highest BCUT2D eigenvalue weighted by Crippen LogP contribution is 2.31. The largest absolute Gasteiger partial charge is 0.459 e. The van der Waals surface area contributed by atoms with Crippen molar-refractivity contribution in [1.29, 1.82) is 0 Å². The van der Waals surface area contributed by atoms with Crippen molar-refractivity contribution in [3.05, 3.63) is 54.2 Å². The number of hydrogen-bond donors (Lipinski definition) is 0. The summed E-state index contributed by atoms with van der Waals surface area (Å²) in [7, 11) is 0. The first kappa shape index (κ1) is 19.0. The highest BCUT2D eigenvalue weighted by molar-refractivity contribution is 5.94. The van der Waals surface area contributed by atoms with E-state index in [2.05, 4.69) is 25.0 Å². The third-order valence-electron chi connectivity index (χ3n) is 4.83. The zero-order valence-electron chi connectivity index (χ0n) is 16.5. The Kier molecular flexibility index (Phi) is 5.50. The van der Waals surface area contributed by atoms with E-state index >= 15 is 0 Å². The highest BCUT2D eigenvalue weighted by atomic mass is 16.5. The van der Waals surface area contributed by atoms with E-state index in [9.17, 15) is 4.79 Å². The molecule has 1 aliphatic rings. The summed E-state index contributed by atoms with van der Waals surface area (Å²) in [5.41, 5.74) is 1.19. The van der Waals surface area contributed by atoms with Gasteiger partial charge < -0.3 is 14.2 Å². The molecule has 3 aromatic rings. The van der Waals surface area contributed by atoms with Crippen LogP contribution < -0.4 is 4.90 Å². The first-order chi connectivity index (χ1) is 14.1. The number of hydrogen-bond acceptors (Lipinski definition) is 8. The number of rotatable bonds is 5. The summed E-state index contributed by atoms with van der Waals surface area (Å²) in [4.78, 5) is 27.8. The number of carbonyl (C=O) groups is 1. The molecule has 0 amide bonds. The Labute approximate surface area is 168 Å². The molecule has 8 nitrogen and oxygen atoms in total. The van der Waals surface area contributed by atoms with E-state index in [-0.39, 0.29) is 18.0 Å². The van der Waals surface area contributed by atoms with E-state index < -0.39 is 0 Å². The van der Waals surface area contributed by atoms with Crippen LogP contribution in [0.15, 0.2) is 47.2 Å². The molecule has 1 aliphatic heterocycles. The zero-order valence-corrected chi connectivity index (χ0v) is 16.5. The van der Waals surface area contributed by atoms with Crippen LogP contribution in [0.4, 0.5) is 5.82 Å². The molecule has 1 saturated heterocycles. The SMILES string of the molecule is CC(C)OC(=O)c1cccnc1N1CCC(c2nc(-c3ccccn3)no2)CC1. The van der Waals surface area contributed by atoms with Crippen molar-refractivity contribution in [2.45, 2.75) is 38.7 Å². The van der Waals surface area contributed by atoms with Gasteiger partial charge in [-0.15, -0.1) is 0 Å². The van der Waals surface area contributed by atoms with E-state index in [4.69, 9.17) is 9.26 Å². The molecule has 29 heavy (non-hydrogen) atoms. The third kappa shape index (κ3) is 4.26. The number of aromatic nitrogens is 4. The lowest BCUT2D eigenvalue weighted by atomic mass is 9.96. The van der Waals surface area contributed by atoms with Gasteiger partial charge in [-0.2, -0.15) is 4.98 Å². The lowest BCUT2D eigenvalue weighted by Gasteiger charge is -2.32. The van der Waals surface area contributed by atoms with Crippen LogP contribution in [0.1, 0.15) is 48.9 Å². The van der Waals surface area contributed by atoms with Crippen molar-refractivity contribution in [3.8, 4) is 11.5 Å². The molecule has 0 saturated carbocycles. The second-order valence-corrected chi connectivity index (χ2v) is 7.26. The molecule has 0 aliphatic carbocycles. The number of ether oxygens (including phenoxy) is 1. The summed E-state index contributed by atoms with van der Waals surface area (Å²) in [6, 6.07) is 9.12. The van der Waals surface area contributed by atoms with Crippen LogP contribution in [0.2, 0.25) is 0 Å². The van der Waals surface area contributed by atoms with E-state index in [1.807, 2.05) is 32.0 Å². The number of esters is 1. The Morgan fingerprint density at radius 3 is 2.66 bits per heavy atom. The van der Waals surface area contributed by atoms with Crippen molar-refractivity contribution >= 4 is 11.8 Å². The van der Waals surface area contributed by atoms with E-state index in [0.29, 0.717) is 28.8 Å². The van der Waals surface area contributed by atoms with Crippen molar-refractivity contribution in [2.24, 2.45) is 0 Å². The summed E-state index contributed by atoms with van der Waals surface area (Å²) in [6.45, 7) is 5.15. The fourth-order valence-corrected chi connectivity index (χ4v) is 3.42. The third-order valence-corrected chi connectivity index (χ3v) is 4.83. The molecule has 150 valence electrons. The number of carbonyl (C=O) groups excluding carboxylic acids is 1. The van der Waals surface area contributed by atoms with Crippen LogP contribution in [-0.4, -0.2) is 45.3 Å². The first-order valence-electron chi connectivity index (χ1n) is 9.78. The predicted molar refractivity (Wildman–Crippen MR) is 107 cm³/mol. The van der Waals surface area contributed by atoms with Gasteiger partial charge in [0.05, 0.1) is 6.10 Å². The Morgan fingerprint density at radius 1 is 1.14 bits per heavy atom. The second kappa shape index (κ2) is 8.38. The maximum atomic E-state index is 12.4. The molecule has 0 bridgehead atoms. The van der Waals surface area contributed by atoms with Gasteiger partial charge in [-0.1, -0.05) is 11.2 Å². The average Bonchev–Trinajstić information content (AvgIpc) is 3.24. The molecule has 8 heteroatoms. The molecule has 4 rings (SSSR count). The summed E-state index contributed by atoms with van der Waals surface area (Å²) in [5.74, 6) is 1.63.